The number of amides is 4. The second-order valence-corrected chi connectivity index (χ2v) is 17.3. The lowest BCUT2D eigenvalue weighted by atomic mass is 9.84. The fourth-order valence-corrected chi connectivity index (χ4v) is 9.44. The number of aromatic nitrogens is 4. The van der Waals surface area contributed by atoms with Gasteiger partial charge in [-0.2, -0.15) is 10.2 Å². The lowest BCUT2D eigenvalue weighted by molar-refractivity contribution is -0.145. The van der Waals surface area contributed by atoms with E-state index in [2.05, 4.69) is 25.9 Å². The zero-order chi connectivity index (χ0) is 37.4. The summed E-state index contributed by atoms with van der Waals surface area (Å²) in [5, 5.41) is 28.6. The molecule has 0 radical (unpaired) electrons. The average Bonchev–Trinajstić information content (AvgIpc) is 3.88. The molecule has 0 bridgehead atoms. The first-order chi connectivity index (χ1) is 24.6. The minimum absolute atomic E-state index is 0.0159. The van der Waals surface area contributed by atoms with Crippen LogP contribution < -0.4 is 16.4 Å². The van der Waals surface area contributed by atoms with Gasteiger partial charge in [-0.25, -0.2) is 8.42 Å². The van der Waals surface area contributed by atoms with Crippen molar-refractivity contribution in [1.82, 2.24) is 35.5 Å². The molecule has 3 aromatic rings. The third-order valence-corrected chi connectivity index (χ3v) is 12.5. The standard InChI is InChI=1S/C35H46N8O8S/c1-34(2,49)28-10-13-38-43(28)24-18-27(32(47)40-35(29(44)30(36)45)11-14-52(50,51)15-12-35)42(20-24)33(48)26(16-21-6-4-3-5-7-21)39-31(46)22-8-9-23-19-37-41-25(23)17-22/h8-10,13,17,19,21,24,26-27,49H,3-7,11-12,14-16,18,20H2,1-2H3,(H2,36,45)(H,37,41)(H,39,46)(H,40,47)/t24-,26+,27-/m0/s1. The van der Waals surface area contributed by atoms with Gasteiger partial charge in [0.2, 0.25) is 17.6 Å². The number of aromatic amines is 1. The molecule has 2 aliphatic heterocycles. The quantitative estimate of drug-likeness (QED) is 0.175. The first-order valence-corrected chi connectivity index (χ1v) is 19.6. The SMILES string of the molecule is CC(C)(O)c1ccnn1[C@H]1C[C@@H](C(=O)NC2(C(=O)C(N)=O)CCS(=O)(=O)CC2)N(C(=O)[C@@H](CC2CCCCC2)NC(=O)c2ccc3cn[nH]c3c2)C1. The third kappa shape index (κ3) is 7.74. The van der Waals surface area contributed by atoms with Crippen molar-refractivity contribution in [2.75, 3.05) is 18.1 Å². The molecule has 3 aliphatic rings. The molecule has 280 valence electrons. The Kier molecular flexibility index (Phi) is 10.3. The highest BCUT2D eigenvalue weighted by molar-refractivity contribution is 7.91. The summed E-state index contributed by atoms with van der Waals surface area (Å²) in [5.41, 5.74) is 3.61. The van der Waals surface area contributed by atoms with E-state index in [1.54, 1.807) is 49.0 Å². The van der Waals surface area contributed by atoms with Crippen LogP contribution in [0.5, 0.6) is 0 Å². The van der Waals surface area contributed by atoms with E-state index in [9.17, 15) is 37.5 Å². The molecule has 4 amide bonds. The van der Waals surface area contributed by atoms with E-state index in [4.69, 9.17) is 5.73 Å². The molecule has 16 nitrogen and oxygen atoms in total. The molecule has 0 spiro atoms. The number of nitrogens with zero attached hydrogens (tertiary/aromatic N) is 4. The number of ketones is 1. The van der Waals surface area contributed by atoms with Crippen molar-refractivity contribution in [3.63, 3.8) is 0 Å². The molecule has 3 fully saturated rings. The highest BCUT2D eigenvalue weighted by Crippen LogP contribution is 2.35. The lowest BCUT2D eigenvalue weighted by Crippen LogP contribution is -2.64. The summed E-state index contributed by atoms with van der Waals surface area (Å²) in [6.45, 7) is 3.16. The number of fused-ring (bicyclic) bond motifs is 1. The minimum atomic E-state index is -3.52. The molecule has 2 saturated heterocycles. The minimum Gasteiger partial charge on any atom is -0.384 e. The number of benzene rings is 1. The predicted octanol–water partition coefficient (Wildman–Crippen LogP) is 1.02. The number of hydrogen-bond acceptors (Lipinski definition) is 10. The van der Waals surface area contributed by atoms with Crippen LogP contribution in [-0.2, 0) is 34.6 Å². The van der Waals surface area contributed by atoms with Gasteiger partial charge in [-0.05, 0) is 57.2 Å². The Labute approximate surface area is 301 Å². The molecular weight excluding hydrogens is 692 g/mol. The summed E-state index contributed by atoms with van der Waals surface area (Å²) < 4.78 is 26.2. The van der Waals surface area contributed by atoms with E-state index in [0.29, 0.717) is 23.2 Å². The van der Waals surface area contributed by atoms with Crippen LogP contribution in [0, 0.1) is 5.92 Å². The van der Waals surface area contributed by atoms with Gasteiger partial charge in [0.05, 0.1) is 35.0 Å². The summed E-state index contributed by atoms with van der Waals surface area (Å²) >= 11 is 0. The second kappa shape index (κ2) is 14.4. The number of nitrogens with one attached hydrogen (secondary N) is 3. The number of primary amides is 1. The van der Waals surface area contributed by atoms with Crippen LogP contribution in [0.1, 0.15) is 93.7 Å². The van der Waals surface area contributed by atoms with Crippen LogP contribution >= 0.6 is 0 Å². The van der Waals surface area contributed by atoms with Crippen LogP contribution in [0.15, 0.2) is 36.7 Å². The Hall–Kier alpha value is -4.64. The molecule has 2 aromatic heterocycles. The van der Waals surface area contributed by atoms with Crippen molar-refractivity contribution in [3.05, 3.63) is 47.9 Å². The Morgan fingerprint density at radius 1 is 1.10 bits per heavy atom. The van der Waals surface area contributed by atoms with Crippen LogP contribution in [-0.4, -0.2) is 103 Å². The number of nitrogens with two attached hydrogens (primary N) is 1. The van der Waals surface area contributed by atoms with Crippen molar-refractivity contribution < 1.29 is 37.5 Å². The summed E-state index contributed by atoms with van der Waals surface area (Å²) in [4.78, 5) is 69.6. The van der Waals surface area contributed by atoms with Gasteiger partial charge in [0, 0.05) is 30.1 Å². The van der Waals surface area contributed by atoms with E-state index in [1.165, 1.54) is 11.1 Å². The molecule has 6 N–H and O–H groups in total. The van der Waals surface area contributed by atoms with Gasteiger partial charge in [0.25, 0.3) is 11.8 Å². The number of likely N-dealkylation sites (tertiary alicyclic amines) is 1. The molecule has 17 heteroatoms. The van der Waals surface area contributed by atoms with E-state index >= 15 is 0 Å². The van der Waals surface area contributed by atoms with Gasteiger partial charge in [-0.1, -0.05) is 38.2 Å². The fourth-order valence-electron chi connectivity index (χ4n) is 7.92. The van der Waals surface area contributed by atoms with Gasteiger partial charge >= 0.3 is 0 Å². The van der Waals surface area contributed by atoms with Gasteiger partial charge in [-0.15, -0.1) is 0 Å². The number of carbonyl (C=O) groups is 5. The van der Waals surface area contributed by atoms with E-state index < -0.39 is 80.0 Å². The maximum Gasteiger partial charge on any atom is 0.287 e. The number of sulfone groups is 1. The topological polar surface area (TPSA) is 240 Å². The van der Waals surface area contributed by atoms with Crippen molar-refractivity contribution >= 4 is 50.2 Å². The number of aliphatic hydroxyl groups is 1. The summed E-state index contributed by atoms with van der Waals surface area (Å²) in [6.07, 6.45) is 7.65. The van der Waals surface area contributed by atoms with E-state index in [1.807, 2.05) is 0 Å². The Balaban J connectivity index is 1.34. The maximum atomic E-state index is 14.8. The average molecular weight is 739 g/mol. The number of H-pyrrole nitrogens is 1. The zero-order valence-electron chi connectivity index (χ0n) is 29.3. The molecule has 0 unspecified atom stereocenters. The van der Waals surface area contributed by atoms with E-state index in [-0.39, 0.29) is 31.7 Å². The van der Waals surface area contributed by atoms with Crippen molar-refractivity contribution in [2.45, 2.75) is 101 Å². The predicted molar refractivity (Wildman–Crippen MR) is 188 cm³/mol. The van der Waals surface area contributed by atoms with Gasteiger partial charge in [0.1, 0.15) is 23.2 Å². The lowest BCUT2D eigenvalue weighted by Gasteiger charge is -2.37. The molecule has 6 rings (SSSR count). The Bertz CT molecular complexity index is 1960. The van der Waals surface area contributed by atoms with Crippen LogP contribution in [0.25, 0.3) is 10.9 Å². The zero-order valence-corrected chi connectivity index (χ0v) is 30.2. The molecule has 3 atom stereocenters. The highest BCUT2D eigenvalue weighted by atomic mass is 32.2. The third-order valence-electron chi connectivity index (χ3n) is 10.8. The summed E-state index contributed by atoms with van der Waals surface area (Å²) in [6, 6.07) is 3.87. The summed E-state index contributed by atoms with van der Waals surface area (Å²) in [7, 11) is -3.52. The van der Waals surface area contributed by atoms with Crippen LogP contribution in [0.4, 0.5) is 0 Å². The molecule has 1 saturated carbocycles. The normalized spacial score (nSPS) is 22.5. The van der Waals surface area contributed by atoms with Crippen LogP contribution in [0.2, 0.25) is 0 Å². The largest absolute Gasteiger partial charge is 0.384 e. The van der Waals surface area contributed by atoms with Crippen molar-refractivity contribution in [2.24, 2.45) is 11.7 Å². The summed E-state index contributed by atoms with van der Waals surface area (Å²) in [5.74, 6) is -4.92. The fraction of sp³-hybridized carbons (Fsp3) is 0.571. The van der Waals surface area contributed by atoms with Gasteiger partial charge in [-0.3, -0.25) is 33.8 Å². The smallest absolute Gasteiger partial charge is 0.287 e. The number of rotatable bonds is 11. The molecule has 52 heavy (non-hydrogen) atoms. The van der Waals surface area contributed by atoms with E-state index in [0.717, 1.165) is 37.5 Å². The Morgan fingerprint density at radius 3 is 2.48 bits per heavy atom. The van der Waals surface area contributed by atoms with Crippen molar-refractivity contribution in [3.8, 4) is 0 Å². The first-order valence-electron chi connectivity index (χ1n) is 17.7. The molecule has 1 aliphatic carbocycles. The maximum absolute atomic E-state index is 14.8. The number of hydrogen-bond donors (Lipinski definition) is 5. The monoisotopic (exact) mass is 738 g/mol. The number of carbonyl (C=O) groups excluding carboxylic acids is 5. The highest BCUT2D eigenvalue weighted by Gasteiger charge is 2.50. The molecular formula is C35H46N8O8S. The first kappa shape index (κ1) is 37.1. The molecule has 1 aromatic carbocycles. The van der Waals surface area contributed by atoms with Gasteiger partial charge in [0.15, 0.2) is 9.84 Å². The van der Waals surface area contributed by atoms with Crippen LogP contribution in [0.3, 0.4) is 0 Å². The molecule has 4 heterocycles. The van der Waals surface area contributed by atoms with Gasteiger partial charge < -0.3 is 26.4 Å². The number of Topliss-reactive ketones (excluding diaryl/α,β-unsaturated/α-hetero) is 1. The van der Waals surface area contributed by atoms with Crippen molar-refractivity contribution in [1.29, 1.82) is 0 Å². The Morgan fingerprint density at radius 2 is 1.81 bits per heavy atom. The second-order valence-electron chi connectivity index (χ2n) is 15.0.